The van der Waals surface area contributed by atoms with Gasteiger partial charge in [0.2, 0.25) is 0 Å². The maximum absolute atomic E-state index is 10.3. The molecule has 0 spiro atoms. The summed E-state index contributed by atoms with van der Waals surface area (Å²) in [5.41, 5.74) is 2.52. The lowest BCUT2D eigenvalue weighted by molar-refractivity contribution is 0.178. The van der Waals surface area contributed by atoms with Crippen LogP contribution in [0.4, 0.5) is 0 Å². The molecule has 1 N–H and O–H groups in total. The number of aliphatic hydroxyl groups excluding tert-OH is 1. The van der Waals surface area contributed by atoms with E-state index in [-0.39, 0.29) is 0 Å². The number of ether oxygens (including phenoxy) is 1. The third-order valence-corrected chi connectivity index (χ3v) is 3.62. The number of hydrogen-bond acceptors (Lipinski definition) is 3. The molecular formula is C14H17ClN2O2. The van der Waals surface area contributed by atoms with Gasteiger partial charge in [0.05, 0.1) is 18.9 Å². The van der Waals surface area contributed by atoms with Crippen molar-refractivity contribution in [3.63, 3.8) is 0 Å². The van der Waals surface area contributed by atoms with Crippen molar-refractivity contribution in [2.45, 2.75) is 19.4 Å². The van der Waals surface area contributed by atoms with Gasteiger partial charge in [0, 0.05) is 19.0 Å². The zero-order valence-corrected chi connectivity index (χ0v) is 12.0. The van der Waals surface area contributed by atoms with Crippen LogP contribution in [0.5, 0.6) is 5.75 Å². The molecule has 0 fully saturated rings. The monoisotopic (exact) mass is 280 g/mol. The number of benzene rings is 1. The average Bonchev–Trinajstić information content (AvgIpc) is 2.65. The van der Waals surface area contributed by atoms with Crippen molar-refractivity contribution in [2.75, 3.05) is 7.11 Å². The summed E-state index contributed by atoms with van der Waals surface area (Å²) in [6.45, 7) is 1.89. The first-order valence-corrected chi connectivity index (χ1v) is 6.40. The molecule has 1 aromatic heterocycles. The van der Waals surface area contributed by atoms with Crippen LogP contribution < -0.4 is 4.74 Å². The normalized spacial score (nSPS) is 12.5. The molecule has 2 rings (SSSR count). The quantitative estimate of drug-likeness (QED) is 0.937. The van der Waals surface area contributed by atoms with E-state index in [4.69, 9.17) is 16.3 Å². The Kier molecular flexibility index (Phi) is 4.12. The smallest absolute Gasteiger partial charge is 0.130 e. The molecule has 0 amide bonds. The average molecular weight is 281 g/mol. The minimum atomic E-state index is -0.629. The first kappa shape index (κ1) is 13.9. The van der Waals surface area contributed by atoms with Crippen LogP contribution in [0, 0.1) is 6.92 Å². The lowest BCUT2D eigenvalue weighted by Gasteiger charge is -2.12. The van der Waals surface area contributed by atoms with Crippen LogP contribution in [0.15, 0.2) is 24.3 Å². The maximum Gasteiger partial charge on any atom is 0.130 e. The Labute approximate surface area is 117 Å². The molecular weight excluding hydrogens is 264 g/mol. The molecule has 0 aliphatic heterocycles. The zero-order chi connectivity index (χ0) is 14.0. The number of aromatic nitrogens is 2. The number of hydrogen-bond donors (Lipinski definition) is 1. The molecule has 5 heteroatoms. The Hall–Kier alpha value is -1.52. The summed E-state index contributed by atoms with van der Waals surface area (Å²) < 4.78 is 6.77. The van der Waals surface area contributed by atoms with Crippen LogP contribution in [-0.2, 0) is 13.5 Å². The highest BCUT2D eigenvalue weighted by atomic mass is 35.5. The SMILES string of the molecule is COc1cccc(C(O)Cc2c(C)nn(C)c2Cl)c1. The number of aryl methyl sites for hydroxylation is 2. The van der Waals surface area contributed by atoms with Crippen LogP contribution in [-0.4, -0.2) is 22.0 Å². The molecule has 1 aromatic carbocycles. The van der Waals surface area contributed by atoms with Crippen molar-refractivity contribution in [1.29, 1.82) is 0 Å². The van der Waals surface area contributed by atoms with Gasteiger partial charge in [-0.3, -0.25) is 4.68 Å². The second kappa shape index (κ2) is 5.63. The summed E-state index contributed by atoms with van der Waals surface area (Å²) in [5.74, 6) is 0.727. The van der Waals surface area contributed by atoms with Gasteiger partial charge in [0.25, 0.3) is 0 Å². The van der Waals surface area contributed by atoms with Gasteiger partial charge in [0.15, 0.2) is 0 Å². The molecule has 1 heterocycles. The molecule has 4 nitrogen and oxygen atoms in total. The van der Waals surface area contributed by atoms with E-state index in [9.17, 15) is 5.11 Å². The van der Waals surface area contributed by atoms with E-state index < -0.39 is 6.10 Å². The number of halogens is 1. The minimum absolute atomic E-state index is 0.436. The fraction of sp³-hybridized carbons (Fsp3) is 0.357. The Morgan fingerprint density at radius 3 is 2.79 bits per heavy atom. The van der Waals surface area contributed by atoms with Crippen LogP contribution in [0.25, 0.3) is 0 Å². The Balaban J connectivity index is 2.22. The van der Waals surface area contributed by atoms with Crippen LogP contribution in [0.2, 0.25) is 5.15 Å². The Morgan fingerprint density at radius 2 is 2.21 bits per heavy atom. The van der Waals surface area contributed by atoms with Crippen molar-refractivity contribution < 1.29 is 9.84 Å². The summed E-state index contributed by atoms with van der Waals surface area (Å²) in [4.78, 5) is 0. The molecule has 0 saturated carbocycles. The number of rotatable bonds is 4. The number of aliphatic hydroxyl groups is 1. The van der Waals surface area contributed by atoms with Crippen LogP contribution >= 0.6 is 11.6 Å². The standard InChI is InChI=1S/C14H17ClN2O2/c1-9-12(14(15)17(2)16-9)8-13(18)10-5-4-6-11(7-10)19-3/h4-7,13,18H,8H2,1-3H3. The zero-order valence-electron chi connectivity index (χ0n) is 11.2. The summed E-state index contributed by atoms with van der Waals surface area (Å²) in [6.07, 6.45) is -0.193. The van der Waals surface area contributed by atoms with Crippen LogP contribution in [0.3, 0.4) is 0 Å². The summed E-state index contributed by atoms with van der Waals surface area (Å²) in [5, 5.41) is 15.1. The van der Waals surface area contributed by atoms with Gasteiger partial charge in [-0.2, -0.15) is 5.10 Å². The van der Waals surface area contributed by atoms with Crippen molar-refractivity contribution in [1.82, 2.24) is 9.78 Å². The predicted octanol–water partition coefficient (Wildman–Crippen LogP) is 2.67. The first-order chi connectivity index (χ1) is 9.02. The predicted molar refractivity (Wildman–Crippen MR) is 74.6 cm³/mol. The van der Waals surface area contributed by atoms with Gasteiger partial charge in [-0.1, -0.05) is 23.7 Å². The Bertz CT molecular complexity index is 581. The highest BCUT2D eigenvalue weighted by molar-refractivity contribution is 6.30. The molecule has 2 aromatic rings. The molecule has 1 unspecified atom stereocenters. The highest BCUT2D eigenvalue weighted by Gasteiger charge is 2.17. The third-order valence-electron chi connectivity index (χ3n) is 3.15. The van der Waals surface area contributed by atoms with E-state index >= 15 is 0 Å². The largest absolute Gasteiger partial charge is 0.497 e. The number of methoxy groups -OCH3 is 1. The van der Waals surface area contributed by atoms with E-state index in [1.165, 1.54) is 0 Å². The van der Waals surface area contributed by atoms with Gasteiger partial charge < -0.3 is 9.84 Å². The molecule has 0 bridgehead atoms. The summed E-state index contributed by atoms with van der Waals surface area (Å²) in [6, 6.07) is 7.39. The molecule has 0 saturated heterocycles. The topological polar surface area (TPSA) is 47.3 Å². The van der Waals surface area contributed by atoms with Crippen LogP contribution in [0.1, 0.15) is 22.9 Å². The fourth-order valence-corrected chi connectivity index (χ4v) is 2.32. The molecule has 0 radical (unpaired) electrons. The van der Waals surface area contributed by atoms with Crippen molar-refractivity contribution in [3.05, 3.63) is 46.2 Å². The Morgan fingerprint density at radius 1 is 1.47 bits per heavy atom. The van der Waals surface area contributed by atoms with Gasteiger partial charge in [-0.25, -0.2) is 0 Å². The second-order valence-electron chi connectivity index (χ2n) is 4.47. The van der Waals surface area contributed by atoms with E-state index in [2.05, 4.69) is 5.10 Å². The van der Waals surface area contributed by atoms with Gasteiger partial charge in [0.1, 0.15) is 10.9 Å². The summed E-state index contributed by atoms with van der Waals surface area (Å²) in [7, 11) is 3.39. The minimum Gasteiger partial charge on any atom is -0.497 e. The summed E-state index contributed by atoms with van der Waals surface area (Å²) >= 11 is 6.17. The van der Waals surface area contributed by atoms with Crippen molar-refractivity contribution in [2.24, 2.45) is 7.05 Å². The van der Waals surface area contributed by atoms with Gasteiger partial charge >= 0.3 is 0 Å². The molecule has 102 valence electrons. The fourth-order valence-electron chi connectivity index (χ4n) is 2.07. The molecule has 0 aliphatic carbocycles. The molecule has 1 atom stereocenters. The van der Waals surface area contributed by atoms with E-state index in [1.54, 1.807) is 18.8 Å². The lowest BCUT2D eigenvalue weighted by atomic mass is 10.0. The molecule has 19 heavy (non-hydrogen) atoms. The van der Waals surface area contributed by atoms with E-state index in [1.807, 2.05) is 31.2 Å². The molecule has 0 aliphatic rings. The van der Waals surface area contributed by atoms with Crippen molar-refractivity contribution >= 4 is 11.6 Å². The lowest BCUT2D eigenvalue weighted by Crippen LogP contribution is -2.03. The van der Waals surface area contributed by atoms with Gasteiger partial charge in [-0.05, 0) is 24.6 Å². The number of nitrogens with zero attached hydrogens (tertiary/aromatic N) is 2. The van der Waals surface area contributed by atoms with Gasteiger partial charge in [-0.15, -0.1) is 0 Å². The second-order valence-corrected chi connectivity index (χ2v) is 4.83. The van der Waals surface area contributed by atoms with E-state index in [0.29, 0.717) is 11.6 Å². The maximum atomic E-state index is 10.3. The van der Waals surface area contributed by atoms with Crippen molar-refractivity contribution in [3.8, 4) is 5.75 Å². The third kappa shape index (κ3) is 2.91. The van der Waals surface area contributed by atoms with E-state index in [0.717, 1.165) is 22.6 Å². The highest BCUT2D eigenvalue weighted by Crippen LogP contribution is 2.27. The first-order valence-electron chi connectivity index (χ1n) is 6.03.